The lowest BCUT2D eigenvalue weighted by Crippen LogP contribution is -2.38. The van der Waals surface area contributed by atoms with E-state index in [1.807, 2.05) is 12.1 Å². The number of morpholine rings is 1. The molecule has 1 N–H and O–H groups in total. The molecule has 0 spiro atoms. The normalized spacial score (nSPS) is 23.3. The zero-order valence-electron chi connectivity index (χ0n) is 17.2. The lowest BCUT2D eigenvalue weighted by molar-refractivity contribution is -0.121. The summed E-state index contributed by atoms with van der Waals surface area (Å²) in [6, 6.07) is 3.71. The third-order valence-corrected chi connectivity index (χ3v) is 5.95. The van der Waals surface area contributed by atoms with Gasteiger partial charge in [0.25, 0.3) is 0 Å². The molecule has 2 aliphatic rings. The predicted molar refractivity (Wildman–Crippen MR) is 111 cm³/mol. The molecule has 3 rings (SSSR count). The number of nitrogens with one attached hydrogen (secondary N) is 1. The maximum Gasteiger partial charge on any atom is 0.227 e. The zero-order valence-corrected chi connectivity index (χ0v) is 17.2. The number of pyridine rings is 1. The standard InChI is InChI=1S/C22H35N3O3/c1-2-3-4-18-5-7-19(8-6-18)22(26)24-20-9-10-21(23-17-20)28-16-13-25-11-14-27-15-12-25/h9-10,17-19H,2-8,11-16H2,1H3,(H,24,26). The summed E-state index contributed by atoms with van der Waals surface area (Å²) in [5.41, 5.74) is 0.749. The number of aromatic nitrogens is 1. The Morgan fingerprint density at radius 3 is 2.71 bits per heavy atom. The van der Waals surface area contributed by atoms with Crippen molar-refractivity contribution in [2.45, 2.75) is 51.9 Å². The lowest BCUT2D eigenvalue weighted by atomic mass is 9.79. The molecule has 28 heavy (non-hydrogen) atoms. The average molecular weight is 390 g/mol. The van der Waals surface area contributed by atoms with Gasteiger partial charge in [-0.15, -0.1) is 0 Å². The van der Waals surface area contributed by atoms with Crippen LogP contribution in [0.1, 0.15) is 51.9 Å². The van der Waals surface area contributed by atoms with Crippen LogP contribution in [-0.2, 0) is 9.53 Å². The van der Waals surface area contributed by atoms with Crippen LogP contribution < -0.4 is 10.1 Å². The molecule has 156 valence electrons. The van der Waals surface area contributed by atoms with E-state index in [9.17, 15) is 4.79 Å². The van der Waals surface area contributed by atoms with Gasteiger partial charge in [-0.05, 0) is 37.7 Å². The molecular weight excluding hydrogens is 354 g/mol. The van der Waals surface area contributed by atoms with E-state index in [0.29, 0.717) is 12.5 Å². The molecule has 2 heterocycles. The summed E-state index contributed by atoms with van der Waals surface area (Å²) in [6.45, 7) is 7.25. The van der Waals surface area contributed by atoms with E-state index in [4.69, 9.17) is 9.47 Å². The van der Waals surface area contributed by atoms with E-state index in [1.54, 1.807) is 6.20 Å². The summed E-state index contributed by atoms with van der Waals surface area (Å²) < 4.78 is 11.1. The number of carbonyl (C=O) groups is 1. The smallest absolute Gasteiger partial charge is 0.227 e. The largest absolute Gasteiger partial charge is 0.476 e. The van der Waals surface area contributed by atoms with Crippen LogP contribution in [0.2, 0.25) is 0 Å². The van der Waals surface area contributed by atoms with Crippen molar-refractivity contribution in [2.24, 2.45) is 11.8 Å². The van der Waals surface area contributed by atoms with Gasteiger partial charge in [0.1, 0.15) is 6.61 Å². The van der Waals surface area contributed by atoms with Gasteiger partial charge in [0.05, 0.1) is 25.1 Å². The maximum absolute atomic E-state index is 12.5. The summed E-state index contributed by atoms with van der Waals surface area (Å²) in [5, 5.41) is 3.03. The average Bonchev–Trinajstić information content (AvgIpc) is 2.74. The number of ether oxygens (including phenoxy) is 2. The minimum absolute atomic E-state index is 0.136. The van der Waals surface area contributed by atoms with Crippen LogP contribution in [0.3, 0.4) is 0 Å². The fourth-order valence-corrected chi connectivity index (χ4v) is 4.09. The molecule has 0 unspecified atom stereocenters. The highest BCUT2D eigenvalue weighted by atomic mass is 16.5. The molecule has 6 heteroatoms. The molecule has 2 fully saturated rings. The maximum atomic E-state index is 12.5. The van der Waals surface area contributed by atoms with E-state index >= 15 is 0 Å². The molecule has 1 saturated carbocycles. The third kappa shape index (κ3) is 6.74. The van der Waals surface area contributed by atoms with Crippen molar-refractivity contribution in [1.82, 2.24) is 9.88 Å². The highest BCUT2D eigenvalue weighted by molar-refractivity contribution is 5.92. The fourth-order valence-electron chi connectivity index (χ4n) is 4.09. The summed E-state index contributed by atoms with van der Waals surface area (Å²) >= 11 is 0. The van der Waals surface area contributed by atoms with E-state index in [1.165, 1.54) is 32.1 Å². The fraction of sp³-hybridized carbons (Fsp3) is 0.727. The van der Waals surface area contributed by atoms with Crippen molar-refractivity contribution in [3.8, 4) is 5.88 Å². The van der Waals surface area contributed by atoms with Gasteiger partial charge in [-0.25, -0.2) is 4.98 Å². The number of hydrogen-bond acceptors (Lipinski definition) is 5. The van der Waals surface area contributed by atoms with Gasteiger partial charge in [-0.2, -0.15) is 0 Å². The van der Waals surface area contributed by atoms with E-state index in [0.717, 1.165) is 57.3 Å². The monoisotopic (exact) mass is 389 g/mol. The van der Waals surface area contributed by atoms with Crippen LogP contribution in [0.25, 0.3) is 0 Å². The van der Waals surface area contributed by atoms with Crippen molar-refractivity contribution in [1.29, 1.82) is 0 Å². The number of carbonyl (C=O) groups excluding carboxylic acids is 1. The van der Waals surface area contributed by atoms with Crippen LogP contribution in [0.5, 0.6) is 5.88 Å². The summed E-state index contributed by atoms with van der Waals surface area (Å²) in [4.78, 5) is 19.2. The first-order valence-corrected chi connectivity index (χ1v) is 10.9. The van der Waals surface area contributed by atoms with Gasteiger partial charge in [0.15, 0.2) is 0 Å². The van der Waals surface area contributed by atoms with Gasteiger partial charge < -0.3 is 14.8 Å². The summed E-state index contributed by atoms with van der Waals surface area (Å²) in [5.74, 6) is 1.70. The Bertz CT molecular complexity index is 579. The predicted octanol–water partition coefficient (Wildman–Crippen LogP) is 3.73. The van der Waals surface area contributed by atoms with Crippen molar-refractivity contribution in [3.05, 3.63) is 18.3 Å². The van der Waals surface area contributed by atoms with Gasteiger partial charge in [0, 0.05) is 31.6 Å². The number of rotatable bonds is 9. The first-order chi connectivity index (χ1) is 13.7. The Balaban J connectivity index is 1.36. The van der Waals surface area contributed by atoms with Crippen LogP contribution in [0.4, 0.5) is 5.69 Å². The second-order valence-electron chi connectivity index (χ2n) is 8.04. The van der Waals surface area contributed by atoms with E-state index in [2.05, 4.69) is 22.1 Å². The molecule has 0 bridgehead atoms. The number of anilines is 1. The first-order valence-electron chi connectivity index (χ1n) is 10.9. The quantitative estimate of drug-likeness (QED) is 0.697. The minimum atomic E-state index is 0.136. The minimum Gasteiger partial charge on any atom is -0.476 e. The highest BCUT2D eigenvalue weighted by Gasteiger charge is 2.26. The second-order valence-corrected chi connectivity index (χ2v) is 8.04. The molecule has 0 atom stereocenters. The topological polar surface area (TPSA) is 63.7 Å². The second kappa shape index (κ2) is 11.4. The number of amides is 1. The van der Waals surface area contributed by atoms with Crippen molar-refractivity contribution >= 4 is 11.6 Å². The Labute approximate surface area is 169 Å². The molecular formula is C22H35N3O3. The third-order valence-electron chi connectivity index (χ3n) is 5.95. The lowest BCUT2D eigenvalue weighted by Gasteiger charge is -2.27. The van der Waals surface area contributed by atoms with Crippen LogP contribution in [0, 0.1) is 11.8 Å². The summed E-state index contributed by atoms with van der Waals surface area (Å²) in [7, 11) is 0. The van der Waals surface area contributed by atoms with Gasteiger partial charge >= 0.3 is 0 Å². The Hall–Kier alpha value is -1.66. The molecule has 1 aliphatic heterocycles. The van der Waals surface area contributed by atoms with Crippen molar-refractivity contribution in [3.63, 3.8) is 0 Å². The molecule has 1 aromatic heterocycles. The van der Waals surface area contributed by atoms with Gasteiger partial charge in [0.2, 0.25) is 11.8 Å². The van der Waals surface area contributed by atoms with Gasteiger partial charge in [-0.1, -0.05) is 26.2 Å². The highest BCUT2D eigenvalue weighted by Crippen LogP contribution is 2.32. The van der Waals surface area contributed by atoms with Crippen LogP contribution in [0.15, 0.2) is 18.3 Å². The van der Waals surface area contributed by atoms with Crippen molar-refractivity contribution < 1.29 is 14.3 Å². The van der Waals surface area contributed by atoms with Crippen LogP contribution >= 0.6 is 0 Å². The molecule has 1 aromatic rings. The molecule has 1 saturated heterocycles. The first kappa shape index (κ1) is 21.1. The number of nitrogens with zero attached hydrogens (tertiary/aromatic N) is 2. The molecule has 6 nitrogen and oxygen atoms in total. The van der Waals surface area contributed by atoms with E-state index < -0.39 is 0 Å². The Kier molecular flexibility index (Phi) is 8.55. The van der Waals surface area contributed by atoms with Crippen molar-refractivity contribution in [2.75, 3.05) is 44.8 Å². The molecule has 1 amide bonds. The van der Waals surface area contributed by atoms with E-state index in [-0.39, 0.29) is 11.8 Å². The molecule has 0 aromatic carbocycles. The summed E-state index contributed by atoms with van der Waals surface area (Å²) in [6.07, 6.45) is 9.98. The SMILES string of the molecule is CCCCC1CCC(C(=O)Nc2ccc(OCCN3CCOCC3)nc2)CC1. The molecule has 0 radical (unpaired) electrons. The van der Waals surface area contributed by atoms with Gasteiger partial charge in [-0.3, -0.25) is 9.69 Å². The van der Waals surface area contributed by atoms with Crippen LogP contribution in [-0.4, -0.2) is 55.2 Å². The molecule has 1 aliphatic carbocycles. The Morgan fingerprint density at radius 1 is 1.25 bits per heavy atom. The zero-order chi connectivity index (χ0) is 19.6. The Morgan fingerprint density at radius 2 is 2.04 bits per heavy atom. The number of unbranched alkanes of at least 4 members (excludes halogenated alkanes) is 1. The number of hydrogen-bond donors (Lipinski definition) is 1.